The molecule has 0 amide bonds. The van der Waals surface area contributed by atoms with Crippen molar-refractivity contribution < 1.29 is 4.39 Å². The topological polar surface area (TPSA) is 6.48 Å². The summed E-state index contributed by atoms with van der Waals surface area (Å²) in [6.45, 7) is 1.69. The van der Waals surface area contributed by atoms with Crippen LogP contribution in [0.3, 0.4) is 0 Å². The van der Waals surface area contributed by atoms with Crippen LogP contribution in [0, 0.1) is 5.82 Å². The van der Waals surface area contributed by atoms with Gasteiger partial charge in [-0.25, -0.2) is 4.39 Å². The van der Waals surface area contributed by atoms with Crippen molar-refractivity contribution in [3.63, 3.8) is 0 Å². The zero-order chi connectivity index (χ0) is 12.1. The number of benzene rings is 1. The lowest BCUT2D eigenvalue weighted by atomic mass is 10.2. The summed E-state index contributed by atoms with van der Waals surface area (Å²) in [6.07, 6.45) is 0. The highest BCUT2D eigenvalue weighted by Crippen LogP contribution is 2.20. The number of alkyl halides is 1. The van der Waals surface area contributed by atoms with Crippen LogP contribution in [0.1, 0.15) is 5.56 Å². The van der Waals surface area contributed by atoms with Gasteiger partial charge in [-0.1, -0.05) is 6.07 Å². The molecule has 0 fully saturated rings. The molecule has 0 aliphatic carbocycles. The van der Waals surface area contributed by atoms with Crippen molar-refractivity contribution in [2.45, 2.75) is 5.88 Å². The van der Waals surface area contributed by atoms with E-state index in [2.05, 4.69) is 4.90 Å². The third-order valence-electron chi connectivity index (χ3n) is 2.46. The van der Waals surface area contributed by atoms with E-state index in [1.54, 1.807) is 6.07 Å². The van der Waals surface area contributed by atoms with Crippen molar-refractivity contribution >= 4 is 17.3 Å². The molecule has 2 nitrogen and oxygen atoms in total. The fourth-order valence-electron chi connectivity index (χ4n) is 1.41. The van der Waals surface area contributed by atoms with Gasteiger partial charge in [-0.05, 0) is 31.8 Å². The molecule has 0 N–H and O–H groups in total. The third kappa shape index (κ3) is 3.65. The first-order valence-electron chi connectivity index (χ1n) is 5.25. The number of rotatable bonds is 5. The zero-order valence-electron chi connectivity index (χ0n) is 10.0. The molecule has 0 saturated carbocycles. The van der Waals surface area contributed by atoms with Gasteiger partial charge in [0.15, 0.2) is 0 Å². The van der Waals surface area contributed by atoms with Crippen LogP contribution in [0.5, 0.6) is 0 Å². The predicted octanol–water partition coefficient (Wildman–Crippen LogP) is 2.56. The Kier molecular flexibility index (Phi) is 5.03. The van der Waals surface area contributed by atoms with E-state index in [4.69, 9.17) is 11.6 Å². The first kappa shape index (κ1) is 13.3. The number of hydrogen-bond acceptors (Lipinski definition) is 2. The third-order valence-corrected chi connectivity index (χ3v) is 2.77. The van der Waals surface area contributed by atoms with Crippen LogP contribution < -0.4 is 4.90 Å². The molecule has 0 saturated heterocycles. The Balaban J connectivity index is 2.71. The summed E-state index contributed by atoms with van der Waals surface area (Å²) in [7, 11) is 5.89. The van der Waals surface area contributed by atoms with E-state index in [-0.39, 0.29) is 5.82 Å². The Bertz CT molecular complexity index is 342. The molecule has 0 aliphatic rings. The van der Waals surface area contributed by atoms with Gasteiger partial charge in [-0.3, -0.25) is 0 Å². The molecule has 0 spiro atoms. The summed E-state index contributed by atoms with van der Waals surface area (Å²) >= 11 is 5.65. The van der Waals surface area contributed by atoms with Crippen LogP contribution in [0.25, 0.3) is 0 Å². The average Bonchev–Trinajstić information content (AvgIpc) is 2.25. The Morgan fingerprint density at radius 2 is 1.88 bits per heavy atom. The van der Waals surface area contributed by atoms with E-state index in [9.17, 15) is 4.39 Å². The minimum absolute atomic E-state index is 0.209. The summed E-state index contributed by atoms with van der Waals surface area (Å²) < 4.78 is 13.7. The Labute approximate surface area is 102 Å². The van der Waals surface area contributed by atoms with Crippen LogP contribution in [-0.4, -0.2) is 39.1 Å². The van der Waals surface area contributed by atoms with Gasteiger partial charge in [0.1, 0.15) is 5.82 Å². The van der Waals surface area contributed by atoms with Crippen LogP contribution in [0.4, 0.5) is 10.1 Å². The zero-order valence-corrected chi connectivity index (χ0v) is 10.8. The van der Waals surface area contributed by atoms with E-state index in [0.29, 0.717) is 11.6 Å². The SMILES string of the molecule is CN(C)CCN(C)c1ccc(CCl)cc1F. The van der Waals surface area contributed by atoms with E-state index in [1.165, 1.54) is 6.07 Å². The van der Waals surface area contributed by atoms with Gasteiger partial charge in [0.2, 0.25) is 0 Å². The largest absolute Gasteiger partial charge is 0.371 e. The lowest BCUT2D eigenvalue weighted by Crippen LogP contribution is -2.29. The molecule has 16 heavy (non-hydrogen) atoms. The van der Waals surface area contributed by atoms with Crippen molar-refractivity contribution in [2.24, 2.45) is 0 Å². The summed E-state index contributed by atoms with van der Waals surface area (Å²) in [5, 5.41) is 0. The monoisotopic (exact) mass is 244 g/mol. The van der Waals surface area contributed by atoms with Gasteiger partial charge >= 0.3 is 0 Å². The molecule has 0 radical (unpaired) electrons. The lowest BCUT2D eigenvalue weighted by molar-refractivity contribution is 0.416. The molecule has 1 rings (SSSR count). The lowest BCUT2D eigenvalue weighted by Gasteiger charge is -2.22. The molecule has 1 aromatic rings. The Hall–Kier alpha value is -0.800. The molecule has 0 heterocycles. The van der Waals surface area contributed by atoms with Crippen molar-refractivity contribution in [3.8, 4) is 0 Å². The number of anilines is 1. The van der Waals surface area contributed by atoms with E-state index in [0.717, 1.165) is 18.7 Å². The number of halogens is 2. The summed E-state index contributed by atoms with van der Waals surface area (Å²) in [6, 6.07) is 5.13. The predicted molar refractivity (Wildman–Crippen MR) is 67.8 cm³/mol. The molecule has 90 valence electrons. The fraction of sp³-hybridized carbons (Fsp3) is 0.500. The molecule has 0 aromatic heterocycles. The maximum atomic E-state index is 13.7. The number of nitrogens with zero attached hydrogens (tertiary/aromatic N) is 2. The summed E-state index contributed by atoms with van der Waals surface area (Å²) in [4.78, 5) is 3.98. The van der Waals surface area contributed by atoms with Gasteiger partial charge in [0.05, 0.1) is 5.69 Å². The van der Waals surface area contributed by atoms with Gasteiger partial charge in [0, 0.05) is 26.0 Å². The highest BCUT2D eigenvalue weighted by atomic mass is 35.5. The minimum Gasteiger partial charge on any atom is -0.371 e. The quantitative estimate of drug-likeness (QED) is 0.735. The van der Waals surface area contributed by atoms with Crippen molar-refractivity contribution in [2.75, 3.05) is 39.1 Å². The van der Waals surface area contributed by atoms with Crippen molar-refractivity contribution in [1.82, 2.24) is 4.90 Å². The van der Waals surface area contributed by atoms with Gasteiger partial charge in [0.25, 0.3) is 0 Å². The number of likely N-dealkylation sites (N-methyl/N-ethyl adjacent to an activating group) is 2. The van der Waals surface area contributed by atoms with E-state index in [1.807, 2.05) is 32.1 Å². The van der Waals surface area contributed by atoms with Crippen molar-refractivity contribution in [3.05, 3.63) is 29.6 Å². The minimum atomic E-state index is -0.209. The first-order valence-corrected chi connectivity index (χ1v) is 5.78. The van der Waals surface area contributed by atoms with Crippen LogP contribution in [0.15, 0.2) is 18.2 Å². The molecular formula is C12H18ClFN2. The maximum Gasteiger partial charge on any atom is 0.146 e. The van der Waals surface area contributed by atoms with E-state index < -0.39 is 0 Å². The van der Waals surface area contributed by atoms with Gasteiger partial charge in [-0.2, -0.15) is 0 Å². The maximum absolute atomic E-state index is 13.7. The highest BCUT2D eigenvalue weighted by Gasteiger charge is 2.08. The van der Waals surface area contributed by atoms with Crippen LogP contribution in [-0.2, 0) is 5.88 Å². The van der Waals surface area contributed by atoms with Crippen LogP contribution in [0.2, 0.25) is 0 Å². The Morgan fingerprint density at radius 3 is 2.38 bits per heavy atom. The number of hydrogen-bond donors (Lipinski definition) is 0. The molecule has 1 aromatic carbocycles. The fourth-order valence-corrected chi connectivity index (χ4v) is 1.58. The first-order chi connectivity index (χ1) is 7.54. The van der Waals surface area contributed by atoms with Crippen molar-refractivity contribution in [1.29, 1.82) is 0 Å². The second-order valence-corrected chi connectivity index (χ2v) is 4.41. The summed E-state index contributed by atoms with van der Waals surface area (Å²) in [5.41, 5.74) is 1.43. The van der Waals surface area contributed by atoms with Gasteiger partial charge in [-0.15, -0.1) is 11.6 Å². The van der Waals surface area contributed by atoms with Crippen LogP contribution >= 0.6 is 11.6 Å². The second-order valence-electron chi connectivity index (χ2n) is 4.14. The Morgan fingerprint density at radius 1 is 1.19 bits per heavy atom. The molecular weight excluding hydrogens is 227 g/mol. The van der Waals surface area contributed by atoms with E-state index >= 15 is 0 Å². The smallest absolute Gasteiger partial charge is 0.146 e. The average molecular weight is 245 g/mol. The second kappa shape index (κ2) is 6.06. The molecule has 0 bridgehead atoms. The highest BCUT2D eigenvalue weighted by molar-refractivity contribution is 6.17. The molecule has 0 atom stereocenters. The molecule has 0 unspecified atom stereocenters. The summed E-state index contributed by atoms with van der Waals surface area (Å²) in [5.74, 6) is 0.137. The molecule has 0 aliphatic heterocycles. The molecule has 4 heteroatoms. The van der Waals surface area contributed by atoms with Gasteiger partial charge < -0.3 is 9.80 Å². The normalized spacial score (nSPS) is 10.9. The standard InChI is InChI=1S/C12H18ClFN2/c1-15(2)6-7-16(3)12-5-4-10(9-13)8-11(12)14/h4-5,8H,6-7,9H2,1-3H3.